The number of rotatable bonds is 5. The Morgan fingerprint density at radius 3 is 1.87 bits per heavy atom. The first-order valence-corrected chi connectivity index (χ1v) is 11.5. The second-order valence-electron chi connectivity index (χ2n) is 7.77. The molecule has 1 aliphatic rings. The predicted octanol–water partition coefficient (Wildman–Crippen LogP) is 2.61. The molecule has 1 heterocycles. The minimum absolute atomic E-state index is 0.00350. The molecule has 7 nitrogen and oxygen atoms in total. The Bertz CT molecular complexity index is 416. The van der Waals surface area contributed by atoms with Gasteiger partial charge in [0.2, 0.25) is 7.51 Å². The fraction of sp³-hybridized carbons (Fsp3) is 1.00. The van der Waals surface area contributed by atoms with Gasteiger partial charge in [0.1, 0.15) is 0 Å². The van der Waals surface area contributed by atoms with Crippen LogP contribution in [0.5, 0.6) is 0 Å². The lowest BCUT2D eigenvalue weighted by molar-refractivity contribution is 0.425. The van der Waals surface area contributed by atoms with Gasteiger partial charge in [0.15, 0.2) is 0 Å². The maximum Gasteiger partial charge on any atom is 0.352 e. The first-order valence-electron chi connectivity index (χ1n) is 8.20. The van der Waals surface area contributed by atoms with Crippen molar-refractivity contribution in [2.75, 3.05) is 62.4 Å². The molecule has 0 radical (unpaired) electrons. The number of nitrogens with zero attached hydrogens (tertiary/aromatic N) is 5. The van der Waals surface area contributed by atoms with Crippen molar-refractivity contribution < 1.29 is 0 Å². The fourth-order valence-corrected chi connectivity index (χ4v) is 11.8. The minimum Gasteiger partial charge on any atom is -0.249 e. The monoisotopic (exact) mass is 366 g/mol. The normalized spacial score (nSPS) is 24.7. The molecule has 1 unspecified atom stereocenters. The van der Waals surface area contributed by atoms with Crippen molar-refractivity contribution in [1.29, 1.82) is 0 Å². The van der Waals surface area contributed by atoms with E-state index in [2.05, 4.69) is 99.0 Å². The second kappa shape index (κ2) is 7.76. The molecular formula is C14H38N7P2+. The highest BCUT2D eigenvalue weighted by molar-refractivity contribution is 7.76. The van der Waals surface area contributed by atoms with E-state index in [0.717, 1.165) is 19.5 Å². The van der Waals surface area contributed by atoms with E-state index in [0.29, 0.717) is 0 Å². The van der Waals surface area contributed by atoms with Crippen molar-refractivity contribution in [2.45, 2.75) is 32.7 Å². The van der Waals surface area contributed by atoms with Crippen LogP contribution in [0, 0.1) is 0 Å². The second-order valence-corrected chi connectivity index (χ2v) is 14.4. The van der Waals surface area contributed by atoms with E-state index in [1.165, 1.54) is 0 Å². The smallest absolute Gasteiger partial charge is 0.249 e. The summed E-state index contributed by atoms with van der Waals surface area (Å²) >= 11 is 0. The topological polar surface area (TPSA) is 49.4 Å². The molecule has 0 aromatic rings. The zero-order valence-electron chi connectivity index (χ0n) is 16.8. The Morgan fingerprint density at radius 1 is 1.04 bits per heavy atom. The standard InChI is InChI=1S/C14H38N7P2/c1-14(2,3)16-22(15-12-11-13-21(22)10)17-23(18(4)5,19(6)7)20(8)9/h15-16H,11-13H2,1-10H3/q+1. The third-order valence-electron chi connectivity index (χ3n) is 3.84. The quantitative estimate of drug-likeness (QED) is 0.730. The molecule has 2 N–H and O–H groups in total. The SMILES string of the molecule is CN(C)P(=N[P+]1(NC(C)(C)C)NCCCN1C)(N(C)C)N(C)C. The maximum absolute atomic E-state index is 5.57. The van der Waals surface area contributed by atoms with E-state index in [4.69, 9.17) is 4.52 Å². The van der Waals surface area contributed by atoms with Gasteiger partial charge in [-0.15, -0.1) is 14.8 Å². The molecule has 0 bridgehead atoms. The zero-order chi connectivity index (χ0) is 18.1. The van der Waals surface area contributed by atoms with Crippen LogP contribution in [0.2, 0.25) is 0 Å². The van der Waals surface area contributed by atoms with Crippen molar-refractivity contribution in [3.63, 3.8) is 0 Å². The lowest BCUT2D eigenvalue weighted by atomic mass is 10.1. The Morgan fingerprint density at radius 2 is 1.52 bits per heavy atom. The van der Waals surface area contributed by atoms with Crippen LogP contribution < -0.4 is 10.2 Å². The van der Waals surface area contributed by atoms with Crippen LogP contribution in [0.4, 0.5) is 0 Å². The predicted molar refractivity (Wildman–Crippen MR) is 105 cm³/mol. The van der Waals surface area contributed by atoms with E-state index in [1.54, 1.807) is 0 Å². The molecule has 1 fully saturated rings. The molecule has 0 spiro atoms. The molecule has 0 aromatic carbocycles. The number of hydrogen-bond donors (Lipinski definition) is 2. The van der Waals surface area contributed by atoms with Crippen molar-refractivity contribution >= 4 is 15.4 Å². The number of nitrogens with one attached hydrogen (secondary N) is 2. The number of hydrogen-bond acceptors (Lipinski definition) is 4. The van der Waals surface area contributed by atoms with Crippen LogP contribution in [0.15, 0.2) is 4.52 Å². The van der Waals surface area contributed by atoms with Crippen LogP contribution in [0.1, 0.15) is 27.2 Å². The van der Waals surface area contributed by atoms with Gasteiger partial charge in [-0.2, -0.15) is 0 Å². The van der Waals surface area contributed by atoms with Gasteiger partial charge in [0.25, 0.3) is 0 Å². The van der Waals surface area contributed by atoms with E-state index in [9.17, 15) is 0 Å². The molecule has 1 rings (SSSR count). The average molecular weight is 366 g/mol. The summed E-state index contributed by atoms with van der Waals surface area (Å²) in [5, 5.41) is 7.61. The first-order chi connectivity index (χ1) is 10.4. The largest absolute Gasteiger partial charge is 0.352 e. The first kappa shape index (κ1) is 21.5. The summed E-state index contributed by atoms with van der Waals surface area (Å²) in [7, 11) is 11.0. The molecule has 0 aliphatic carbocycles. The van der Waals surface area contributed by atoms with Crippen LogP contribution >= 0.6 is 15.4 Å². The van der Waals surface area contributed by atoms with Gasteiger partial charge < -0.3 is 0 Å². The molecule has 9 heteroatoms. The minimum atomic E-state index is -2.00. The molecule has 1 aliphatic heterocycles. The van der Waals surface area contributed by atoms with Gasteiger partial charge in [-0.05, 0) is 74.0 Å². The van der Waals surface area contributed by atoms with Crippen LogP contribution in [0.25, 0.3) is 0 Å². The molecule has 138 valence electrons. The van der Waals surface area contributed by atoms with E-state index in [-0.39, 0.29) is 5.54 Å². The van der Waals surface area contributed by atoms with Gasteiger partial charge in [-0.25, -0.2) is 14.0 Å². The lowest BCUT2D eigenvalue weighted by Gasteiger charge is -2.44. The Hall–Kier alpha value is 0.420. The van der Waals surface area contributed by atoms with Gasteiger partial charge in [0.05, 0.1) is 0 Å². The summed E-state index contributed by atoms with van der Waals surface area (Å²) in [5.41, 5.74) is -0.00350. The van der Waals surface area contributed by atoms with Crippen LogP contribution in [-0.4, -0.2) is 86.6 Å². The van der Waals surface area contributed by atoms with E-state index < -0.39 is 15.4 Å². The highest BCUT2D eigenvalue weighted by Crippen LogP contribution is 2.69. The highest BCUT2D eigenvalue weighted by atomic mass is 31.2. The van der Waals surface area contributed by atoms with Gasteiger partial charge >= 0.3 is 7.87 Å². The summed E-state index contributed by atoms with van der Waals surface area (Å²) in [6.07, 6.45) is 1.16. The lowest BCUT2D eigenvalue weighted by Crippen LogP contribution is -2.49. The highest BCUT2D eigenvalue weighted by Gasteiger charge is 2.52. The van der Waals surface area contributed by atoms with Crippen molar-refractivity contribution in [2.24, 2.45) is 4.52 Å². The Labute approximate surface area is 144 Å². The summed E-state index contributed by atoms with van der Waals surface area (Å²) < 4.78 is 14.8. The van der Waals surface area contributed by atoms with Crippen LogP contribution in [-0.2, 0) is 0 Å². The summed E-state index contributed by atoms with van der Waals surface area (Å²) in [4.78, 5) is 0. The molecule has 1 saturated heterocycles. The summed E-state index contributed by atoms with van der Waals surface area (Å²) in [5.74, 6) is 0. The third kappa shape index (κ3) is 4.74. The molecule has 0 amide bonds. The van der Waals surface area contributed by atoms with Crippen molar-refractivity contribution in [1.82, 2.24) is 28.9 Å². The van der Waals surface area contributed by atoms with Crippen LogP contribution in [0.3, 0.4) is 0 Å². The Kier molecular flexibility index (Phi) is 7.24. The van der Waals surface area contributed by atoms with E-state index >= 15 is 0 Å². The van der Waals surface area contributed by atoms with Gasteiger partial charge in [0, 0.05) is 25.7 Å². The van der Waals surface area contributed by atoms with Crippen molar-refractivity contribution in [3.05, 3.63) is 0 Å². The maximum atomic E-state index is 5.57. The molecule has 0 saturated carbocycles. The zero-order valence-corrected chi connectivity index (χ0v) is 18.5. The summed E-state index contributed by atoms with van der Waals surface area (Å²) in [6, 6.07) is 0. The fourth-order valence-electron chi connectivity index (χ4n) is 3.01. The average Bonchev–Trinajstić information content (AvgIpc) is 2.36. The molecule has 0 aromatic heterocycles. The van der Waals surface area contributed by atoms with E-state index in [1.807, 2.05) is 0 Å². The molecule has 1 atom stereocenters. The molecular weight excluding hydrogens is 328 g/mol. The Balaban J connectivity index is 3.56. The molecule has 23 heavy (non-hydrogen) atoms. The summed E-state index contributed by atoms with van der Waals surface area (Å²) in [6.45, 7) is 8.74. The van der Waals surface area contributed by atoms with Gasteiger partial charge in [-0.1, -0.05) is 0 Å². The third-order valence-corrected chi connectivity index (χ3v) is 11.9. The van der Waals surface area contributed by atoms with Gasteiger partial charge in [-0.3, -0.25) is 0 Å². The van der Waals surface area contributed by atoms with Crippen molar-refractivity contribution in [3.8, 4) is 0 Å².